The predicted molar refractivity (Wildman–Crippen MR) is 110 cm³/mol. The molecule has 3 rings (SSSR count). The van der Waals surface area contributed by atoms with E-state index in [0.29, 0.717) is 25.9 Å². The topological polar surface area (TPSA) is 123 Å². The quantitative estimate of drug-likeness (QED) is 0.519. The number of fused-ring (bicyclic) bond motifs is 2. The van der Waals surface area contributed by atoms with Crippen molar-refractivity contribution in [2.24, 2.45) is 11.8 Å². The molecule has 3 fully saturated rings. The molecule has 168 valence electrons. The van der Waals surface area contributed by atoms with Crippen molar-refractivity contribution in [3.05, 3.63) is 0 Å². The van der Waals surface area contributed by atoms with Gasteiger partial charge in [-0.15, -0.1) is 0 Å². The van der Waals surface area contributed by atoms with Gasteiger partial charge in [0.1, 0.15) is 24.4 Å². The van der Waals surface area contributed by atoms with Gasteiger partial charge < -0.3 is 31.1 Å². The van der Waals surface area contributed by atoms with Crippen LogP contribution in [0, 0.1) is 11.8 Å². The second-order valence-electron chi connectivity index (χ2n) is 9.06. The molecular formula is C20H34N6O4. The summed E-state index contributed by atoms with van der Waals surface area (Å²) in [6.45, 7) is 8.53. The number of rotatable bonds is 2. The summed E-state index contributed by atoms with van der Waals surface area (Å²) in [4.78, 5) is 54.8. The standard InChI is InChI=1S/C20H34N6O4/c1-11(2)15-21-17(27)13-7-5-10-26(13)20(30)24-16(12(3)4)22-18(28)14-8-6-9-25(14)19(29)23-15/h11-16H,5-10H2,1-4H3,(H,21,27)(H,22,28)(H,23,29)(H,24,30). The van der Waals surface area contributed by atoms with Gasteiger partial charge in [0.25, 0.3) is 0 Å². The highest BCUT2D eigenvalue weighted by molar-refractivity contribution is 5.90. The molecule has 0 aliphatic carbocycles. The molecule has 4 unspecified atom stereocenters. The van der Waals surface area contributed by atoms with Crippen molar-refractivity contribution >= 4 is 23.9 Å². The lowest BCUT2D eigenvalue weighted by Gasteiger charge is -2.34. The highest BCUT2D eigenvalue weighted by atomic mass is 16.2. The molecule has 0 radical (unpaired) electrons. The third-order valence-corrected chi connectivity index (χ3v) is 6.12. The van der Waals surface area contributed by atoms with E-state index in [-0.39, 0.29) is 35.7 Å². The van der Waals surface area contributed by atoms with Crippen molar-refractivity contribution in [2.75, 3.05) is 13.1 Å². The average molecular weight is 423 g/mol. The summed E-state index contributed by atoms with van der Waals surface area (Å²) in [6.07, 6.45) is 1.38. The summed E-state index contributed by atoms with van der Waals surface area (Å²) in [7, 11) is 0. The molecule has 3 heterocycles. The number of carbonyl (C=O) groups excluding carboxylic acids is 4. The van der Waals surface area contributed by atoms with Crippen LogP contribution in [-0.2, 0) is 9.59 Å². The molecule has 30 heavy (non-hydrogen) atoms. The fourth-order valence-electron chi connectivity index (χ4n) is 4.23. The normalized spacial score (nSPS) is 31.0. The Kier molecular flexibility index (Phi) is 6.72. The molecule has 0 aromatic heterocycles. The van der Waals surface area contributed by atoms with E-state index in [9.17, 15) is 19.2 Å². The Balaban J connectivity index is 1.91. The minimum absolute atomic E-state index is 0.0605. The summed E-state index contributed by atoms with van der Waals surface area (Å²) in [6, 6.07) is -1.93. The SMILES string of the molecule is CC(C)C1NC(=O)C2CCCN2C(=O)NC(C(C)C)NC(=O)C2CCCN2C(=O)N1. The summed E-state index contributed by atoms with van der Waals surface area (Å²) < 4.78 is 0. The second kappa shape index (κ2) is 9.09. The summed E-state index contributed by atoms with van der Waals surface area (Å²) in [5.74, 6) is -0.673. The monoisotopic (exact) mass is 422 g/mol. The lowest BCUT2D eigenvalue weighted by Crippen LogP contribution is -2.63. The number of nitrogens with one attached hydrogen (secondary N) is 4. The smallest absolute Gasteiger partial charge is 0.319 e. The molecule has 3 aliphatic rings. The minimum atomic E-state index is -0.603. The maximum absolute atomic E-state index is 13.0. The van der Waals surface area contributed by atoms with Crippen LogP contribution >= 0.6 is 0 Å². The third-order valence-electron chi connectivity index (χ3n) is 6.12. The first kappa shape index (κ1) is 22.2. The fraction of sp³-hybridized carbons (Fsp3) is 0.800. The van der Waals surface area contributed by atoms with Crippen LogP contribution in [0.25, 0.3) is 0 Å². The summed E-state index contributed by atoms with van der Waals surface area (Å²) in [5.41, 5.74) is 0. The Morgan fingerprint density at radius 2 is 1.03 bits per heavy atom. The first-order chi connectivity index (χ1) is 14.2. The largest absolute Gasteiger partial charge is 0.334 e. The van der Waals surface area contributed by atoms with Crippen molar-refractivity contribution in [2.45, 2.75) is 77.8 Å². The van der Waals surface area contributed by atoms with E-state index in [2.05, 4.69) is 21.3 Å². The zero-order valence-corrected chi connectivity index (χ0v) is 18.2. The summed E-state index contributed by atoms with van der Waals surface area (Å²) in [5, 5.41) is 11.5. The zero-order valence-electron chi connectivity index (χ0n) is 18.2. The molecule has 3 saturated heterocycles. The first-order valence-corrected chi connectivity index (χ1v) is 10.9. The maximum atomic E-state index is 13.0. The first-order valence-electron chi connectivity index (χ1n) is 10.9. The van der Waals surface area contributed by atoms with Gasteiger partial charge in [0.2, 0.25) is 11.8 Å². The number of hydrogen-bond acceptors (Lipinski definition) is 4. The lowest BCUT2D eigenvalue weighted by molar-refractivity contribution is -0.127. The van der Waals surface area contributed by atoms with Crippen LogP contribution in [0.1, 0.15) is 53.4 Å². The highest BCUT2D eigenvalue weighted by Gasteiger charge is 2.40. The molecule has 4 N–H and O–H groups in total. The van der Waals surface area contributed by atoms with E-state index in [1.165, 1.54) is 9.80 Å². The molecule has 3 aliphatic heterocycles. The number of amides is 6. The van der Waals surface area contributed by atoms with Crippen LogP contribution in [-0.4, -0.2) is 71.2 Å². The number of hydrogen-bond donors (Lipinski definition) is 4. The van der Waals surface area contributed by atoms with Gasteiger partial charge in [0.05, 0.1) is 0 Å². The van der Waals surface area contributed by atoms with Crippen molar-refractivity contribution < 1.29 is 19.2 Å². The minimum Gasteiger partial charge on any atom is -0.334 e. The van der Waals surface area contributed by atoms with Gasteiger partial charge in [-0.2, -0.15) is 0 Å². The van der Waals surface area contributed by atoms with Crippen LogP contribution in [0.5, 0.6) is 0 Å². The molecule has 6 amide bonds. The maximum Gasteiger partial charge on any atom is 0.319 e. The van der Waals surface area contributed by atoms with Gasteiger partial charge in [-0.1, -0.05) is 27.7 Å². The third kappa shape index (κ3) is 4.62. The molecule has 0 aromatic rings. The van der Waals surface area contributed by atoms with Gasteiger partial charge in [0.15, 0.2) is 0 Å². The molecule has 0 aromatic carbocycles. The summed E-state index contributed by atoms with van der Waals surface area (Å²) >= 11 is 0. The molecule has 0 spiro atoms. The fourth-order valence-corrected chi connectivity index (χ4v) is 4.23. The lowest BCUT2D eigenvalue weighted by atomic mass is 10.1. The molecule has 4 atom stereocenters. The van der Waals surface area contributed by atoms with Gasteiger partial charge in [-0.05, 0) is 37.5 Å². The Hall–Kier alpha value is -2.52. The van der Waals surface area contributed by atoms with E-state index in [1.54, 1.807) is 0 Å². The molecule has 10 heteroatoms. The van der Waals surface area contributed by atoms with E-state index in [0.717, 1.165) is 12.8 Å². The Bertz CT molecular complexity index is 591. The van der Waals surface area contributed by atoms with Crippen molar-refractivity contribution in [1.29, 1.82) is 0 Å². The predicted octanol–water partition coefficient (Wildman–Crippen LogP) is 0.545. The van der Waals surface area contributed by atoms with Gasteiger partial charge >= 0.3 is 12.1 Å². The molecule has 0 bridgehead atoms. The van der Waals surface area contributed by atoms with Crippen molar-refractivity contribution in [1.82, 2.24) is 31.1 Å². The van der Waals surface area contributed by atoms with Crippen LogP contribution in [0.4, 0.5) is 9.59 Å². The highest BCUT2D eigenvalue weighted by Crippen LogP contribution is 2.21. The van der Waals surface area contributed by atoms with Crippen molar-refractivity contribution in [3.8, 4) is 0 Å². The van der Waals surface area contributed by atoms with Crippen LogP contribution in [0.15, 0.2) is 0 Å². The Morgan fingerprint density at radius 1 is 0.667 bits per heavy atom. The Morgan fingerprint density at radius 3 is 1.37 bits per heavy atom. The number of carbonyl (C=O) groups is 4. The van der Waals surface area contributed by atoms with Crippen LogP contribution in [0.3, 0.4) is 0 Å². The number of urea groups is 2. The second-order valence-corrected chi connectivity index (χ2v) is 9.06. The van der Waals surface area contributed by atoms with Gasteiger partial charge in [0, 0.05) is 13.1 Å². The molecular weight excluding hydrogens is 388 g/mol. The van der Waals surface area contributed by atoms with Crippen LogP contribution in [0.2, 0.25) is 0 Å². The molecule has 0 saturated carbocycles. The van der Waals surface area contributed by atoms with Gasteiger partial charge in [-0.3, -0.25) is 9.59 Å². The number of nitrogens with zero attached hydrogens (tertiary/aromatic N) is 2. The zero-order chi connectivity index (χ0) is 22.0. The van der Waals surface area contributed by atoms with E-state index in [1.807, 2.05) is 27.7 Å². The van der Waals surface area contributed by atoms with Crippen molar-refractivity contribution in [3.63, 3.8) is 0 Å². The van der Waals surface area contributed by atoms with Crippen LogP contribution < -0.4 is 21.3 Å². The molecule has 10 nitrogen and oxygen atoms in total. The van der Waals surface area contributed by atoms with E-state index < -0.39 is 24.4 Å². The van der Waals surface area contributed by atoms with E-state index >= 15 is 0 Å². The average Bonchev–Trinajstić information content (AvgIpc) is 3.35. The Labute approximate surface area is 177 Å². The van der Waals surface area contributed by atoms with Gasteiger partial charge in [-0.25, -0.2) is 9.59 Å². The van der Waals surface area contributed by atoms with E-state index in [4.69, 9.17) is 0 Å².